The van der Waals surface area contributed by atoms with Gasteiger partial charge in [0.05, 0.1) is 4.88 Å². The highest BCUT2D eigenvalue weighted by atomic mass is 35.5. The van der Waals surface area contributed by atoms with E-state index in [1.165, 1.54) is 31.5 Å². The van der Waals surface area contributed by atoms with Crippen molar-refractivity contribution in [1.82, 2.24) is 9.88 Å². The van der Waals surface area contributed by atoms with Gasteiger partial charge in [0, 0.05) is 23.3 Å². The molecule has 29 heavy (non-hydrogen) atoms. The van der Waals surface area contributed by atoms with Crippen molar-refractivity contribution in [1.29, 1.82) is 0 Å². The van der Waals surface area contributed by atoms with E-state index in [2.05, 4.69) is 46.2 Å². The molecule has 1 aromatic carbocycles. The number of piperidine rings is 1. The number of halogens is 1. The highest BCUT2D eigenvalue weighted by molar-refractivity contribution is 7.10. The fourth-order valence-electron chi connectivity index (χ4n) is 3.55. The van der Waals surface area contributed by atoms with Crippen molar-refractivity contribution in [3.05, 3.63) is 75.2 Å². The van der Waals surface area contributed by atoms with Crippen LogP contribution in [0.4, 0.5) is 0 Å². The van der Waals surface area contributed by atoms with Gasteiger partial charge in [-0.25, -0.2) is 4.98 Å². The molecule has 0 amide bonds. The molecule has 4 heteroatoms. The smallest absolute Gasteiger partial charge is 0.113 e. The first kappa shape index (κ1) is 20.2. The quantitative estimate of drug-likeness (QED) is 0.471. The molecule has 2 aromatic heterocycles. The average molecular weight is 421 g/mol. The van der Waals surface area contributed by atoms with Crippen LogP contribution >= 0.6 is 22.9 Å². The van der Waals surface area contributed by atoms with E-state index in [9.17, 15) is 0 Å². The van der Waals surface area contributed by atoms with E-state index < -0.39 is 0 Å². The first-order valence-electron chi connectivity index (χ1n) is 10.2. The Morgan fingerprint density at radius 3 is 2.55 bits per heavy atom. The number of thiophene rings is 1. The van der Waals surface area contributed by atoms with Crippen molar-refractivity contribution in [2.75, 3.05) is 19.6 Å². The number of hydrogen-bond donors (Lipinski definition) is 0. The summed E-state index contributed by atoms with van der Waals surface area (Å²) in [5.41, 5.74) is 4.36. The maximum atomic E-state index is 5.95. The van der Waals surface area contributed by atoms with Crippen molar-refractivity contribution < 1.29 is 0 Å². The molecule has 1 aliphatic rings. The third-order valence-electron chi connectivity index (χ3n) is 5.50. The van der Waals surface area contributed by atoms with Gasteiger partial charge in [0.25, 0.3) is 0 Å². The second kappa shape index (κ2) is 9.59. The molecule has 0 bridgehead atoms. The summed E-state index contributed by atoms with van der Waals surface area (Å²) in [6, 6.07) is 14.1. The molecule has 3 heterocycles. The Morgan fingerprint density at radius 1 is 1.07 bits per heavy atom. The van der Waals surface area contributed by atoms with E-state index in [0.717, 1.165) is 45.6 Å². The summed E-state index contributed by atoms with van der Waals surface area (Å²) >= 11 is 7.68. The highest BCUT2D eigenvalue weighted by Gasteiger charge is 2.15. The Kier molecular flexibility index (Phi) is 6.67. The molecule has 0 unspecified atom stereocenters. The number of pyridine rings is 1. The highest BCUT2D eigenvalue weighted by Crippen LogP contribution is 2.21. The minimum absolute atomic E-state index is 0.741. The van der Waals surface area contributed by atoms with Crippen LogP contribution in [-0.4, -0.2) is 29.5 Å². The van der Waals surface area contributed by atoms with Gasteiger partial charge in [0.1, 0.15) is 5.69 Å². The van der Waals surface area contributed by atoms with E-state index >= 15 is 0 Å². The molecular formula is C25H25ClN2S. The van der Waals surface area contributed by atoms with Crippen molar-refractivity contribution in [3.63, 3.8) is 0 Å². The van der Waals surface area contributed by atoms with Gasteiger partial charge in [0.15, 0.2) is 0 Å². The van der Waals surface area contributed by atoms with E-state index in [1.54, 1.807) is 11.3 Å². The van der Waals surface area contributed by atoms with Crippen LogP contribution in [0.25, 0.3) is 11.1 Å². The van der Waals surface area contributed by atoms with E-state index in [4.69, 9.17) is 11.6 Å². The molecule has 4 rings (SSSR count). The summed E-state index contributed by atoms with van der Waals surface area (Å²) in [6.45, 7) is 6.01. The third-order valence-corrected chi connectivity index (χ3v) is 6.65. The fraction of sp³-hybridized carbons (Fsp3) is 0.320. The molecule has 2 nitrogen and oxygen atoms in total. The van der Waals surface area contributed by atoms with Crippen LogP contribution < -0.4 is 0 Å². The van der Waals surface area contributed by atoms with Gasteiger partial charge in [0.2, 0.25) is 0 Å². The molecule has 1 aliphatic heterocycles. The number of aromatic nitrogens is 1. The number of benzene rings is 1. The van der Waals surface area contributed by atoms with Crippen LogP contribution in [0.15, 0.2) is 54.0 Å². The predicted octanol–water partition coefficient (Wildman–Crippen LogP) is 6.14. The Morgan fingerprint density at radius 2 is 1.83 bits per heavy atom. The molecular weight excluding hydrogens is 396 g/mol. The maximum Gasteiger partial charge on any atom is 0.113 e. The molecule has 0 atom stereocenters. The van der Waals surface area contributed by atoms with E-state index in [-0.39, 0.29) is 0 Å². The fourth-order valence-corrected chi connectivity index (χ4v) is 4.47. The van der Waals surface area contributed by atoms with Crippen LogP contribution in [0.2, 0.25) is 5.02 Å². The van der Waals surface area contributed by atoms with Crippen LogP contribution in [0.5, 0.6) is 0 Å². The molecule has 0 saturated carbocycles. The lowest BCUT2D eigenvalue weighted by Crippen LogP contribution is -2.34. The average Bonchev–Trinajstić information content (AvgIpc) is 3.21. The van der Waals surface area contributed by atoms with Crippen LogP contribution in [0.1, 0.15) is 35.9 Å². The second-order valence-corrected chi connectivity index (χ2v) is 9.13. The molecule has 0 radical (unpaired) electrons. The minimum Gasteiger partial charge on any atom is -0.303 e. The van der Waals surface area contributed by atoms with Gasteiger partial charge in [-0.1, -0.05) is 36.7 Å². The monoisotopic (exact) mass is 420 g/mol. The van der Waals surface area contributed by atoms with Gasteiger partial charge in [-0.15, -0.1) is 11.3 Å². The van der Waals surface area contributed by atoms with Gasteiger partial charge in [-0.2, -0.15) is 0 Å². The normalized spacial score (nSPS) is 15.1. The first-order valence-corrected chi connectivity index (χ1v) is 11.5. The Balaban J connectivity index is 1.34. The summed E-state index contributed by atoms with van der Waals surface area (Å²) in [6.07, 6.45) is 5.65. The molecule has 1 saturated heterocycles. The summed E-state index contributed by atoms with van der Waals surface area (Å²) in [5.74, 6) is 7.35. The van der Waals surface area contributed by atoms with Crippen molar-refractivity contribution in [3.8, 4) is 23.0 Å². The summed E-state index contributed by atoms with van der Waals surface area (Å²) in [5, 5.41) is 2.98. The van der Waals surface area contributed by atoms with Crippen molar-refractivity contribution >= 4 is 22.9 Å². The lowest BCUT2D eigenvalue weighted by Gasteiger charge is -2.29. The lowest BCUT2D eigenvalue weighted by atomic mass is 9.99. The Hall–Kier alpha value is -2.12. The van der Waals surface area contributed by atoms with Crippen LogP contribution in [0, 0.1) is 17.8 Å². The summed E-state index contributed by atoms with van der Waals surface area (Å²) in [4.78, 5) is 8.19. The predicted molar refractivity (Wildman–Crippen MR) is 124 cm³/mol. The molecule has 1 fully saturated rings. The van der Waals surface area contributed by atoms with Crippen LogP contribution in [0.3, 0.4) is 0 Å². The van der Waals surface area contributed by atoms with Crippen molar-refractivity contribution in [2.24, 2.45) is 5.92 Å². The van der Waals surface area contributed by atoms with Gasteiger partial charge in [-0.05, 0) is 90.9 Å². The number of nitrogens with zero attached hydrogens (tertiary/aromatic N) is 2. The molecule has 0 spiro atoms. The molecule has 0 aliphatic carbocycles. The SMILES string of the molecule is CC1CCN(CCc2csc(C#Cc3ccc(-c4ccc(Cl)cc4)cn3)c2)CC1. The maximum absolute atomic E-state index is 5.95. The summed E-state index contributed by atoms with van der Waals surface area (Å²) < 4.78 is 0. The Bertz CT molecular complexity index is 988. The van der Waals surface area contributed by atoms with Crippen molar-refractivity contribution in [2.45, 2.75) is 26.2 Å². The third kappa shape index (κ3) is 5.70. The largest absolute Gasteiger partial charge is 0.303 e. The summed E-state index contributed by atoms with van der Waals surface area (Å²) in [7, 11) is 0. The first-order chi connectivity index (χ1) is 14.2. The topological polar surface area (TPSA) is 16.1 Å². The van der Waals surface area contributed by atoms with Crippen LogP contribution in [-0.2, 0) is 6.42 Å². The lowest BCUT2D eigenvalue weighted by molar-refractivity contribution is 0.194. The molecule has 3 aromatic rings. The van der Waals surface area contributed by atoms with E-state index in [1.807, 2.05) is 36.5 Å². The van der Waals surface area contributed by atoms with E-state index in [0.29, 0.717) is 0 Å². The van der Waals surface area contributed by atoms with Gasteiger partial charge < -0.3 is 4.90 Å². The number of rotatable bonds is 4. The standard InChI is InChI=1S/C25H25ClN2S/c1-19-10-13-28(14-11-19)15-12-20-16-25(29-18-20)9-8-24-7-4-22(17-27-24)21-2-5-23(26)6-3-21/h2-7,16-19H,10-15H2,1H3. The molecule has 0 N–H and O–H groups in total. The zero-order valence-corrected chi connectivity index (χ0v) is 18.3. The van der Waals surface area contributed by atoms with Gasteiger partial charge in [-0.3, -0.25) is 0 Å². The molecule has 148 valence electrons. The zero-order valence-electron chi connectivity index (χ0n) is 16.7. The minimum atomic E-state index is 0.741. The second-order valence-electron chi connectivity index (χ2n) is 7.78. The van der Waals surface area contributed by atoms with Gasteiger partial charge >= 0.3 is 0 Å². The number of likely N-dealkylation sites (tertiary alicyclic amines) is 1. The Labute approximate surface area is 182 Å². The number of hydrogen-bond acceptors (Lipinski definition) is 3. The zero-order chi connectivity index (χ0) is 20.1.